The van der Waals surface area contributed by atoms with Crippen LogP contribution < -0.4 is 9.03 Å². The highest BCUT2D eigenvalue weighted by molar-refractivity contribution is 7.92. The molecule has 11 heteroatoms. The normalized spacial score (nSPS) is 19.2. The Hall–Kier alpha value is -1.69. The summed E-state index contributed by atoms with van der Waals surface area (Å²) in [5.74, 6) is -0.378. The van der Waals surface area contributed by atoms with Crippen molar-refractivity contribution in [1.82, 2.24) is 14.5 Å². The van der Waals surface area contributed by atoms with Gasteiger partial charge >= 0.3 is 0 Å². The molecule has 1 aromatic rings. The van der Waals surface area contributed by atoms with E-state index in [1.165, 1.54) is 10.6 Å². The number of piperidine rings is 1. The van der Waals surface area contributed by atoms with Gasteiger partial charge in [0.25, 0.3) is 0 Å². The van der Waals surface area contributed by atoms with Crippen molar-refractivity contribution in [1.29, 1.82) is 0 Å². The molecule has 9 nitrogen and oxygen atoms in total. The number of anilines is 1. The number of hydrogen-bond donors (Lipinski definition) is 1. The Morgan fingerprint density at radius 2 is 1.79 bits per heavy atom. The van der Waals surface area contributed by atoms with Gasteiger partial charge in [-0.3, -0.25) is 14.0 Å². The molecule has 2 aliphatic heterocycles. The molecule has 1 atom stereocenters. The highest BCUT2D eigenvalue weighted by Crippen LogP contribution is 2.47. The Bertz CT molecular complexity index is 1060. The van der Waals surface area contributed by atoms with Crippen LogP contribution in [-0.2, 0) is 30.3 Å². The van der Waals surface area contributed by atoms with Crippen LogP contribution in [0.4, 0.5) is 5.69 Å². The maximum Gasteiger partial charge on any atom is 0.240 e. The van der Waals surface area contributed by atoms with Gasteiger partial charge in [-0.2, -0.15) is 0 Å². The minimum atomic E-state index is -3.62. The summed E-state index contributed by atoms with van der Waals surface area (Å²) < 4.78 is 53.8. The van der Waals surface area contributed by atoms with E-state index in [9.17, 15) is 21.6 Å². The number of para-hydroxylation sites is 1. The quantitative estimate of drug-likeness (QED) is 0.548. The van der Waals surface area contributed by atoms with Crippen LogP contribution in [0.2, 0.25) is 0 Å². The van der Waals surface area contributed by atoms with Gasteiger partial charge in [0.1, 0.15) is 11.9 Å². The predicted molar refractivity (Wildman–Crippen MR) is 130 cm³/mol. The summed E-state index contributed by atoms with van der Waals surface area (Å²) in [5, 5.41) is 0. The lowest BCUT2D eigenvalue weighted by Crippen LogP contribution is -2.54. The number of hydrogen-bond acceptors (Lipinski definition) is 6. The molecular formula is C22H36N4O5S2. The van der Waals surface area contributed by atoms with Gasteiger partial charge in [0, 0.05) is 25.0 Å². The van der Waals surface area contributed by atoms with Crippen LogP contribution in [0.15, 0.2) is 24.3 Å². The molecule has 0 aromatic heterocycles. The highest BCUT2D eigenvalue weighted by Gasteiger charge is 2.47. The van der Waals surface area contributed by atoms with E-state index in [4.69, 9.17) is 0 Å². The van der Waals surface area contributed by atoms with E-state index < -0.39 is 26.1 Å². The zero-order valence-corrected chi connectivity index (χ0v) is 21.6. The molecule has 2 aliphatic rings. The number of unbranched alkanes of at least 4 members (excludes halogenated alkanes) is 1. The van der Waals surface area contributed by atoms with Gasteiger partial charge < -0.3 is 4.90 Å². The monoisotopic (exact) mass is 500 g/mol. The number of nitrogens with one attached hydrogen (secondary N) is 1. The number of carbonyl (C=O) groups is 1. The fourth-order valence-electron chi connectivity index (χ4n) is 4.92. The van der Waals surface area contributed by atoms with Crippen LogP contribution in [0.3, 0.4) is 0 Å². The van der Waals surface area contributed by atoms with Gasteiger partial charge in [-0.05, 0) is 45.0 Å². The van der Waals surface area contributed by atoms with Crippen molar-refractivity contribution in [2.45, 2.75) is 50.5 Å². The third-order valence-corrected chi connectivity index (χ3v) is 9.14. The predicted octanol–water partition coefficient (Wildman–Crippen LogP) is 1.32. The summed E-state index contributed by atoms with van der Waals surface area (Å²) in [4.78, 5) is 16.6. The summed E-state index contributed by atoms with van der Waals surface area (Å²) >= 11 is 0. The van der Waals surface area contributed by atoms with Gasteiger partial charge in [-0.1, -0.05) is 38.0 Å². The Labute approximate surface area is 198 Å². The maximum atomic E-state index is 13.3. The molecule has 1 aromatic carbocycles. The molecule has 0 saturated carbocycles. The van der Waals surface area contributed by atoms with Crippen LogP contribution in [0, 0.1) is 0 Å². The van der Waals surface area contributed by atoms with Gasteiger partial charge in [-0.25, -0.2) is 21.6 Å². The molecule has 1 fully saturated rings. The largest absolute Gasteiger partial charge is 0.341 e. The summed E-state index contributed by atoms with van der Waals surface area (Å²) in [6.45, 7) is 3.30. The number of likely N-dealkylation sites (tertiary alicyclic amines) is 1. The summed E-state index contributed by atoms with van der Waals surface area (Å²) in [5.41, 5.74) is 1.40. The molecular weight excluding hydrogens is 464 g/mol. The first-order chi connectivity index (χ1) is 15.4. The molecule has 1 N–H and O–H groups in total. The number of fused-ring (bicyclic) bond motifs is 2. The lowest BCUT2D eigenvalue weighted by atomic mass is 9.74. The molecule has 2 heterocycles. The molecule has 186 valence electrons. The van der Waals surface area contributed by atoms with Gasteiger partial charge in [-0.15, -0.1) is 0 Å². The molecule has 1 unspecified atom stereocenters. The van der Waals surface area contributed by atoms with E-state index in [2.05, 4.69) is 4.72 Å². The number of benzene rings is 1. The fraction of sp³-hybridized carbons (Fsp3) is 0.682. The van der Waals surface area contributed by atoms with Gasteiger partial charge in [0.15, 0.2) is 0 Å². The van der Waals surface area contributed by atoms with Crippen LogP contribution in [0.5, 0.6) is 0 Å². The lowest BCUT2D eigenvalue weighted by Gasteiger charge is -2.41. The summed E-state index contributed by atoms with van der Waals surface area (Å²) in [7, 11) is -3.68. The van der Waals surface area contributed by atoms with Crippen molar-refractivity contribution in [3.63, 3.8) is 0 Å². The maximum absolute atomic E-state index is 13.3. The van der Waals surface area contributed by atoms with Gasteiger partial charge in [0.2, 0.25) is 26.0 Å². The highest BCUT2D eigenvalue weighted by atomic mass is 32.2. The van der Waals surface area contributed by atoms with Crippen LogP contribution in [0.25, 0.3) is 0 Å². The van der Waals surface area contributed by atoms with Crippen molar-refractivity contribution in [3.05, 3.63) is 29.8 Å². The van der Waals surface area contributed by atoms with Crippen molar-refractivity contribution < 1.29 is 21.6 Å². The number of amides is 1. The van der Waals surface area contributed by atoms with Crippen molar-refractivity contribution >= 4 is 31.6 Å². The van der Waals surface area contributed by atoms with E-state index in [1.54, 1.807) is 23.9 Å². The number of nitrogens with zero attached hydrogens (tertiary/aromatic N) is 3. The molecule has 33 heavy (non-hydrogen) atoms. The average molecular weight is 501 g/mol. The Balaban J connectivity index is 1.75. The Morgan fingerprint density at radius 3 is 2.36 bits per heavy atom. The zero-order valence-electron chi connectivity index (χ0n) is 20.0. The van der Waals surface area contributed by atoms with Crippen LogP contribution >= 0.6 is 0 Å². The van der Waals surface area contributed by atoms with Gasteiger partial charge in [0.05, 0.1) is 11.9 Å². The summed E-state index contributed by atoms with van der Waals surface area (Å²) in [6, 6.07) is 6.80. The summed E-state index contributed by atoms with van der Waals surface area (Å²) in [6.07, 6.45) is 4.54. The van der Waals surface area contributed by atoms with E-state index in [1.807, 2.05) is 31.2 Å². The molecule has 3 rings (SSSR count). The van der Waals surface area contributed by atoms with Crippen LogP contribution in [-0.4, -0.2) is 84.4 Å². The first-order valence-corrected chi connectivity index (χ1v) is 14.9. The SMILES string of the molecule is CCCCC(NS(=O)(=O)CN(C)C)C(=O)N1CCC2(CC1)CN(S(C)(=O)=O)c1ccccc12. The number of sulfonamides is 2. The minimum absolute atomic E-state index is 0.176. The molecule has 1 spiro atoms. The molecule has 0 bridgehead atoms. The second-order valence-corrected chi connectivity index (χ2v) is 13.2. The molecule has 1 amide bonds. The standard InChI is InChI=1S/C22H36N4O5S2/c1-5-6-10-19(23-33(30,31)17-24(2)3)21(27)25-14-12-22(13-15-25)16-26(32(4,28)29)20-11-8-7-9-18(20)22/h7-9,11,19,23H,5-6,10,12-17H2,1-4H3. The number of carbonyl (C=O) groups excluding carboxylic acids is 1. The molecule has 0 aliphatic carbocycles. The Kier molecular flexibility index (Phi) is 7.77. The van der Waals surface area contributed by atoms with Crippen molar-refractivity contribution in [3.8, 4) is 0 Å². The van der Waals surface area contributed by atoms with E-state index >= 15 is 0 Å². The Morgan fingerprint density at radius 1 is 1.15 bits per heavy atom. The van der Waals surface area contributed by atoms with E-state index in [0.717, 1.165) is 24.1 Å². The topological polar surface area (TPSA) is 107 Å². The third kappa shape index (κ3) is 5.87. The second kappa shape index (κ2) is 9.89. The zero-order chi connectivity index (χ0) is 24.4. The smallest absolute Gasteiger partial charge is 0.240 e. The van der Waals surface area contributed by atoms with E-state index in [-0.39, 0.29) is 17.2 Å². The molecule has 0 radical (unpaired) electrons. The number of rotatable bonds is 9. The van der Waals surface area contributed by atoms with Crippen molar-refractivity contribution in [2.75, 3.05) is 50.2 Å². The van der Waals surface area contributed by atoms with Crippen molar-refractivity contribution in [2.24, 2.45) is 0 Å². The fourth-order valence-corrected chi connectivity index (χ4v) is 7.32. The molecule has 1 saturated heterocycles. The first kappa shape index (κ1) is 25.9. The third-order valence-electron chi connectivity index (χ3n) is 6.52. The first-order valence-electron chi connectivity index (χ1n) is 11.4. The second-order valence-electron chi connectivity index (χ2n) is 9.53. The average Bonchev–Trinajstić information content (AvgIpc) is 3.05. The minimum Gasteiger partial charge on any atom is -0.341 e. The van der Waals surface area contributed by atoms with E-state index in [0.29, 0.717) is 38.9 Å². The van der Waals surface area contributed by atoms with Crippen LogP contribution in [0.1, 0.15) is 44.6 Å². The lowest BCUT2D eigenvalue weighted by molar-refractivity contribution is -0.134.